The molecular weight excluding hydrogens is 489 g/mol. The number of hydrogen-bond donors (Lipinski definition) is 1. The molecule has 1 N–H and O–H groups in total. The number of carbonyl (C=O) groups excluding carboxylic acids is 1. The first kappa shape index (κ1) is 25.4. The van der Waals surface area contributed by atoms with Crippen LogP contribution in [0.5, 0.6) is 0 Å². The maximum absolute atomic E-state index is 13.5. The summed E-state index contributed by atoms with van der Waals surface area (Å²) in [7, 11) is 0. The molecule has 39 heavy (non-hydrogen) atoms. The molecule has 2 fully saturated rings. The number of benzene rings is 3. The van der Waals surface area contributed by atoms with Crippen molar-refractivity contribution in [2.45, 2.75) is 38.1 Å². The lowest BCUT2D eigenvalue weighted by atomic mass is 9.71. The van der Waals surface area contributed by atoms with Crippen molar-refractivity contribution in [2.24, 2.45) is 5.92 Å². The summed E-state index contributed by atoms with van der Waals surface area (Å²) in [4.78, 5) is 18.3. The summed E-state index contributed by atoms with van der Waals surface area (Å²) < 4.78 is 13.5. The minimum atomic E-state index is -0.201. The van der Waals surface area contributed by atoms with Gasteiger partial charge < -0.3 is 10.2 Å². The number of rotatable bonds is 5. The van der Waals surface area contributed by atoms with Crippen LogP contribution in [0.25, 0.3) is 10.9 Å². The quantitative estimate of drug-likeness (QED) is 0.335. The summed E-state index contributed by atoms with van der Waals surface area (Å²) in [6.07, 6.45) is 6.16. The van der Waals surface area contributed by atoms with E-state index in [0.29, 0.717) is 17.0 Å². The van der Waals surface area contributed by atoms with Crippen LogP contribution < -0.4 is 10.2 Å². The molecule has 6 nitrogen and oxygen atoms in total. The Bertz CT molecular complexity index is 1460. The van der Waals surface area contributed by atoms with E-state index in [4.69, 9.17) is 0 Å². The maximum Gasteiger partial charge on any atom is 0.257 e. The number of nitrogens with one attached hydrogen (secondary N) is 1. The predicted octanol–water partition coefficient (Wildman–Crippen LogP) is 6.25. The molecule has 2 heterocycles. The highest BCUT2D eigenvalue weighted by molar-refractivity contribution is 6.12. The molecule has 2 atom stereocenters. The van der Waals surface area contributed by atoms with E-state index in [2.05, 4.69) is 50.4 Å². The summed E-state index contributed by atoms with van der Waals surface area (Å²) in [5.74, 6) is 0.242. The van der Waals surface area contributed by atoms with Crippen molar-refractivity contribution in [3.05, 3.63) is 95.9 Å². The zero-order valence-corrected chi connectivity index (χ0v) is 22.3. The lowest BCUT2D eigenvalue weighted by Gasteiger charge is -2.52. The summed E-state index contributed by atoms with van der Waals surface area (Å²) in [6, 6.07) is 22.8. The van der Waals surface area contributed by atoms with Gasteiger partial charge in [-0.25, -0.2) is 4.39 Å². The van der Waals surface area contributed by atoms with E-state index in [1.165, 1.54) is 36.7 Å². The van der Waals surface area contributed by atoms with Crippen molar-refractivity contribution >= 4 is 28.2 Å². The minimum Gasteiger partial charge on any atom is -0.369 e. The predicted molar refractivity (Wildman–Crippen MR) is 153 cm³/mol. The van der Waals surface area contributed by atoms with Crippen LogP contribution in [-0.4, -0.2) is 47.2 Å². The highest BCUT2D eigenvalue weighted by Gasteiger charge is 2.42. The molecule has 7 heteroatoms. The molecule has 2 aliphatic rings. The zero-order chi connectivity index (χ0) is 26.8. The van der Waals surface area contributed by atoms with Crippen molar-refractivity contribution in [2.75, 3.05) is 36.4 Å². The number of nitrogens with zero attached hydrogens (tertiary/aromatic N) is 4. The fourth-order valence-electron chi connectivity index (χ4n) is 6.57. The van der Waals surface area contributed by atoms with Crippen LogP contribution in [-0.2, 0) is 5.54 Å². The molecule has 1 aromatic heterocycles. The molecule has 0 radical (unpaired) electrons. The average molecular weight is 524 g/mol. The normalized spacial score (nSPS) is 22.1. The molecule has 6 rings (SSSR count). The monoisotopic (exact) mass is 523 g/mol. The molecular formula is C32H34FN5O. The first-order chi connectivity index (χ1) is 19.0. The lowest BCUT2D eigenvalue weighted by molar-refractivity contribution is 0.0243. The van der Waals surface area contributed by atoms with E-state index < -0.39 is 0 Å². The van der Waals surface area contributed by atoms with Gasteiger partial charge in [0.2, 0.25) is 0 Å². The molecule has 0 unspecified atom stereocenters. The highest BCUT2D eigenvalue weighted by Crippen LogP contribution is 2.45. The second kappa shape index (κ2) is 10.7. The van der Waals surface area contributed by atoms with Crippen molar-refractivity contribution < 1.29 is 9.18 Å². The highest BCUT2D eigenvalue weighted by atomic mass is 19.1. The Balaban J connectivity index is 1.25. The summed E-state index contributed by atoms with van der Waals surface area (Å²) in [6.45, 7) is 6.04. The molecule has 1 aliphatic heterocycles. The topological polar surface area (TPSA) is 61.4 Å². The van der Waals surface area contributed by atoms with Crippen LogP contribution in [0.3, 0.4) is 0 Å². The van der Waals surface area contributed by atoms with E-state index in [1.807, 2.05) is 42.5 Å². The van der Waals surface area contributed by atoms with Crippen LogP contribution in [0.2, 0.25) is 0 Å². The van der Waals surface area contributed by atoms with Gasteiger partial charge in [-0.2, -0.15) is 10.2 Å². The Morgan fingerprint density at radius 3 is 2.59 bits per heavy atom. The Hall–Kier alpha value is -3.84. The third-order valence-electron chi connectivity index (χ3n) is 8.50. The van der Waals surface area contributed by atoms with Crippen LogP contribution in [0.4, 0.5) is 15.8 Å². The molecule has 3 aromatic carbocycles. The lowest BCUT2D eigenvalue weighted by Crippen LogP contribution is -2.57. The van der Waals surface area contributed by atoms with Crippen LogP contribution in [0.15, 0.2) is 79.0 Å². The summed E-state index contributed by atoms with van der Waals surface area (Å²) in [5, 5.41) is 12.1. The van der Waals surface area contributed by atoms with E-state index in [0.717, 1.165) is 55.8 Å². The number of fused-ring (bicyclic) bond motifs is 1. The van der Waals surface area contributed by atoms with Crippen LogP contribution in [0.1, 0.15) is 48.5 Å². The van der Waals surface area contributed by atoms with Gasteiger partial charge in [-0.15, -0.1) is 0 Å². The Morgan fingerprint density at radius 1 is 1.00 bits per heavy atom. The van der Waals surface area contributed by atoms with Gasteiger partial charge in [0.15, 0.2) is 0 Å². The van der Waals surface area contributed by atoms with Crippen molar-refractivity contribution in [3.63, 3.8) is 0 Å². The van der Waals surface area contributed by atoms with Gasteiger partial charge >= 0.3 is 0 Å². The molecule has 1 saturated heterocycles. The second-order valence-corrected chi connectivity index (χ2v) is 11.0. The van der Waals surface area contributed by atoms with Gasteiger partial charge in [0, 0.05) is 48.5 Å². The number of anilines is 2. The van der Waals surface area contributed by atoms with Gasteiger partial charge in [-0.05, 0) is 66.8 Å². The van der Waals surface area contributed by atoms with Gasteiger partial charge in [0.1, 0.15) is 5.82 Å². The Kier molecular flexibility index (Phi) is 7.00. The standard InChI is InChI=1S/C32H34FN5O/c1-23-6-5-15-32(21-23,38-18-16-37(17-19-38)27-13-11-25(33)12-14-27)24-7-4-8-26(20-24)35-31(39)29-22-34-36-30-10-3-2-9-28(29)30/h2-4,7-14,20,22-23H,5-6,15-19,21H2,1H3,(H,35,39)/t23-,32+/m1/s1. The smallest absolute Gasteiger partial charge is 0.257 e. The average Bonchev–Trinajstić information content (AvgIpc) is 2.97. The molecule has 4 aromatic rings. The summed E-state index contributed by atoms with van der Waals surface area (Å²) in [5.41, 5.74) is 4.28. The van der Waals surface area contributed by atoms with Crippen molar-refractivity contribution in [3.8, 4) is 0 Å². The van der Waals surface area contributed by atoms with Crippen LogP contribution in [0, 0.1) is 11.7 Å². The zero-order valence-electron chi connectivity index (χ0n) is 22.3. The fourth-order valence-corrected chi connectivity index (χ4v) is 6.57. The van der Waals surface area contributed by atoms with E-state index in [-0.39, 0.29) is 17.3 Å². The number of amides is 1. The summed E-state index contributed by atoms with van der Waals surface area (Å²) >= 11 is 0. The fraction of sp³-hybridized carbons (Fsp3) is 0.344. The first-order valence-corrected chi connectivity index (χ1v) is 13.9. The number of carbonyl (C=O) groups is 1. The largest absolute Gasteiger partial charge is 0.369 e. The maximum atomic E-state index is 13.5. The molecule has 1 aliphatic carbocycles. The second-order valence-electron chi connectivity index (χ2n) is 11.0. The van der Waals surface area contributed by atoms with Crippen molar-refractivity contribution in [1.29, 1.82) is 0 Å². The first-order valence-electron chi connectivity index (χ1n) is 13.9. The SMILES string of the molecule is C[C@@H]1CCC[C@](c2cccc(NC(=O)c3cnnc4ccccc34)c2)(N2CCN(c3ccc(F)cc3)CC2)C1. The Morgan fingerprint density at radius 2 is 1.79 bits per heavy atom. The molecule has 1 saturated carbocycles. The number of halogens is 1. The third-order valence-corrected chi connectivity index (χ3v) is 8.50. The van der Waals surface area contributed by atoms with E-state index in [9.17, 15) is 9.18 Å². The van der Waals surface area contributed by atoms with Crippen molar-refractivity contribution in [1.82, 2.24) is 15.1 Å². The molecule has 1 amide bonds. The van der Waals surface area contributed by atoms with Gasteiger partial charge in [0.05, 0.1) is 17.3 Å². The number of hydrogen-bond acceptors (Lipinski definition) is 5. The molecule has 200 valence electrons. The molecule has 0 spiro atoms. The third kappa shape index (κ3) is 5.11. The van der Waals surface area contributed by atoms with E-state index >= 15 is 0 Å². The number of piperazine rings is 1. The molecule has 0 bridgehead atoms. The van der Waals surface area contributed by atoms with Crippen LogP contribution >= 0.6 is 0 Å². The van der Waals surface area contributed by atoms with Gasteiger partial charge in [0.25, 0.3) is 5.91 Å². The van der Waals surface area contributed by atoms with Gasteiger partial charge in [-0.1, -0.05) is 50.1 Å². The number of aromatic nitrogens is 2. The van der Waals surface area contributed by atoms with E-state index in [1.54, 1.807) is 0 Å². The Labute approximate surface area is 228 Å². The van der Waals surface area contributed by atoms with Gasteiger partial charge in [-0.3, -0.25) is 9.69 Å². The minimum absolute atomic E-state index is 0.0712.